The molecule has 10 nitrogen and oxygen atoms in total. The summed E-state index contributed by atoms with van der Waals surface area (Å²) in [6.45, 7) is 5.27. The summed E-state index contributed by atoms with van der Waals surface area (Å²) >= 11 is 0. The molecule has 0 spiro atoms. The van der Waals surface area contributed by atoms with Gasteiger partial charge in [-0.15, -0.1) is 0 Å². The third-order valence-corrected chi connectivity index (χ3v) is 6.42. The zero-order valence-corrected chi connectivity index (χ0v) is 17.8. The number of aliphatic hydroxyl groups excluding tert-OH is 5. The summed E-state index contributed by atoms with van der Waals surface area (Å²) in [7, 11) is 0. The Bertz CT molecular complexity index is 548. The maximum Gasteiger partial charge on any atom is 0.333 e. The average molecular weight is 436 g/mol. The molecular weight excluding hydrogens is 398 g/mol. The Morgan fingerprint density at radius 1 is 0.933 bits per heavy atom. The van der Waals surface area contributed by atoms with E-state index in [1.165, 1.54) is 0 Å². The van der Waals surface area contributed by atoms with Crippen LogP contribution in [0.5, 0.6) is 0 Å². The molecule has 2 heterocycles. The van der Waals surface area contributed by atoms with Crippen molar-refractivity contribution in [3.63, 3.8) is 0 Å². The lowest BCUT2D eigenvalue weighted by molar-refractivity contribution is -0.222. The molecule has 10 atom stereocenters. The second-order valence-corrected chi connectivity index (χ2v) is 8.63. The number of likely N-dealkylation sites (N-methyl/N-ethyl adjacent to an activating group) is 1. The van der Waals surface area contributed by atoms with Crippen LogP contribution in [0.2, 0.25) is 0 Å². The molecule has 0 aromatic heterocycles. The van der Waals surface area contributed by atoms with Crippen LogP contribution in [0.1, 0.15) is 33.6 Å². The van der Waals surface area contributed by atoms with Gasteiger partial charge in [-0.25, -0.2) is 4.79 Å². The van der Waals surface area contributed by atoms with Crippen LogP contribution in [0.15, 0.2) is 0 Å². The maximum atomic E-state index is 11.7. The van der Waals surface area contributed by atoms with Crippen LogP contribution in [-0.4, -0.2) is 105 Å². The van der Waals surface area contributed by atoms with Gasteiger partial charge in [-0.3, -0.25) is 0 Å². The third kappa shape index (κ3) is 5.31. The van der Waals surface area contributed by atoms with Gasteiger partial charge in [0.25, 0.3) is 0 Å². The summed E-state index contributed by atoms with van der Waals surface area (Å²) in [5, 5.41) is 63.7. The zero-order valence-electron chi connectivity index (χ0n) is 17.8. The molecule has 0 amide bonds. The van der Waals surface area contributed by atoms with Crippen LogP contribution in [0, 0.1) is 17.8 Å². The average Bonchev–Trinajstić information content (AvgIpc) is 2.70. The number of carbonyl (C=O) groups is 1. The van der Waals surface area contributed by atoms with Crippen molar-refractivity contribution in [3.8, 4) is 0 Å². The van der Waals surface area contributed by atoms with Gasteiger partial charge in [0.1, 0.15) is 12.2 Å². The van der Waals surface area contributed by atoms with Crippen molar-refractivity contribution in [2.75, 3.05) is 19.8 Å². The van der Waals surface area contributed by atoms with Crippen LogP contribution < -0.4 is 5.32 Å². The Morgan fingerprint density at radius 2 is 1.57 bits per heavy atom. The summed E-state index contributed by atoms with van der Waals surface area (Å²) in [5.74, 6) is -2.58. The first-order valence-corrected chi connectivity index (χ1v) is 10.7. The predicted molar refractivity (Wildman–Crippen MR) is 106 cm³/mol. The van der Waals surface area contributed by atoms with Gasteiger partial charge in [0.05, 0.1) is 37.6 Å². The first-order chi connectivity index (χ1) is 14.2. The summed E-state index contributed by atoms with van der Waals surface area (Å²) in [4.78, 5) is 11.7. The molecule has 2 aliphatic heterocycles. The first kappa shape index (κ1) is 25.4. The minimum Gasteiger partial charge on any atom is -0.479 e. The van der Waals surface area contributed by atoms with Crippen molar-refractivity contribution in [1.82, 2.24) is 5.32 Å². The van der Waals surface area contributed by atoms with Gasteiger partial charge in [0.15, 0.2) is 6.10 Å². The minimum atomic E-state index is -1.26. The second-order valence-electron chi connectivity index (χ2n) is 8.63. The summed E-state index contributed by atoms with van der Waals surface area (Å²) in [6.07, 6.45) is -6.69. The number of hydrogen-bond acceptors (Lipinski definition) is 9. The highest BCUT2D eigenvalue weighted by Crippen LogP contribution is 2.36. The lowest BCUT2D eigenvalue weighted by Gasteiger charge is -2.46. The van der Waals surface area contributed by atoms with Gasteiger partial charge in [-0.2, -0.15) is 0 Å². The van der Waals surface area contributed by atoms with Crippen LogP contribution in [0.4, 0.5) is 0 Å². The summed E-state index contributed by atoms with van der Waals surface area (Å²) in [6, 6.07) is -0.401. The van der Waals surface area contributed by atoms with Crippen LogP contribution in [0.25, 0.3) is 0 Å². The van der Waals surface area contributed by atoms with Crippen molar-refractivity contribution in [2.24, 2.45) is 17.8 Å². The van der Waals surface area contributed by atoms with E-state index in [-0.39, 0.29) is 18.9 Å². The molecule has 30 heavy (non-hydrogen) atoms. The van der Waals surface area contributed by atoms with Crippen molar-refractivity contribution in [1.29, 1.82) is 0 Å². The fraction of sp³-hybridized carbons (Fsp3) is 0.950. The molecule has 0 bridgehead atoms. The number of aliphatic hydroxyl groups is 5. The fourth-order valence-electron chi connectivity index (χ4n) is 4.88. The number of aliphatic carboxylic acids is 1. The second kappa shape index (κ2) is 11.1. The molecule has 176 valence electrons. The van der Waals surface area contributed by atoms with E-state index in [0.29, 0.717) is 13.0 Å². The molecule has 0 aromatic carbocycles. The van der Waals surface area contributed by atoms with Gasteiger partial charge in [0.2, 0.25) is 0 Å². The SMILES string of the molecule is CCNC1C(CO)OC(CO)C(O)[C@@H]1CCC1OC(C(=O)O)C(C(C)C)C(O)C1O. The fourth-order valence-corrected chi connectivity index (χ4v) is 4.88. The largest absolute Gasteiger partial charge is 0.479 e. The van der Waals surface area contributed by atoms with E-state index >= 15 is 0 Å². The Hall–Kier alpha value is -0.850. The molecular formula is C20H37NO9. The highest BCUT2D eigenvalue weighted by molar-refractivity contribution is 5.73. The number of ether oxygens (including phenoxy) is 2. The van der Waals surface area contributed by atoms with Crippen LogP contribution >= 0.6 is 0 Å². The Morgan fingerprint density at radius 3 is 2.07 bits per heavy atom. The maximum absolute atomic E-state index is 11.7. The Labute approximate surface area is 176 Å². The zero-order chi connectivity index (χ0) is 22.6. The molecule has 2 rings (SSSR count). The quantitative estimate of drug-likeness (QED) is 0.222. The van der Waals surface area contributed by atoms with E-state index in [9.17, 15) is 35.4 Å². The number of carboxylic acids is 1. The molecule has 0 radical (unpaired) electrons. The molecule has 0 aromatic rings. The van der Waals surface area contributed by atoms with E-state index in [1.807, 2.05) is 6.92 Å². The minimum absolute atomic E-state index is 0.187. The van der Waals surface area contributed by atoms with Gasteiger partial charge in [0, 0.05) is 17.9 Å². The van der Waals surface area contributed by atoms with Crippen molar-refractivity contribution < 1.29 is 44.9 Å². The van der Waals surface area contributed by atoms with Gasteiger partial charge < -0.3 is 45.4 Å². The monoisotopic (exact) mass is 435 g/mol. The van der Waals surface area contributed by atoms with Gasteiger partial charge in [-0.05, 0) is 25.3 Å². The third-order valence-electron chi connectivity index (χ3n) is 6.42. The van der Waals surface area contributed by atoms with E-state index < -0.39 is 73.2 Å². The van der Waals surface area contributed by atoms with Crippen molar-refractivity contribution >= 4 is 5.97 Å². The van der Waals surface area contributed by atoms with E-state index in [0.717, 1.165) is 0 Å². The van der Waals surface area contributed by atoms with Crippen LogP contribution in [0.3, 0.4) is 0 Å². The molecule has 0 aliphatic carbocycles. The Balaban J connectivity index is 2.16. The molecule has 7 N–H and O–H groups in total. The number of hydrogen-bond donors (Lipinski definition) is 7. The number of nitrogens with one attached hydrogen (secondary N) is 1. The van der Waals surface area contributed by atoms with Crippen LogP contribution in [-0.2, 0) is 14.3 Å². The highest BCUT2D eigenvalue weighted by atomic mass is 16.5. The van der Waals surface area contributed by atoms with Gasteiger partial charge >= 0.3 is 5.97 Å². The van der Waals surface area contributed by atoms with E-state index in [4.69, 9.17) is 9.47 Å². The standard InChI is InChI=1S/C20H37NO9/c1-4-21-15-10(16(24)13(8-23)29-12(15)7-22)5-6-11-17(25)18(26)14(9(2)3)19(30-11)20(27)28/h9-19,21-26H,4-8H2,1-3H3,(H,27,28)/t10-,11?,12?,13?,14?,15?,16?,17?,18?,19?/m1/s1. The molecule has 2 fully saturated rings. The smallest absolute Gasteiger partial charge is 0.333 e. The number of carboxylic acid groups (broad SMARTS) is 1. The molecule has 2 aliphatic rings. The molecule has 2 saturated heterocycles. The topological polar surface area (TPSA) is 169 Å². The summed E-state index contributed by atoms with van der Waals surface area (Å²) < 4.78 is 11.3. The van der Waals surface area contributed by atoms with Crippen molar-refractivity contribution in [3.05, 3.63) is 0 Å². The lowest BCUT2D eigenvalue weighted by atomic mass is 9.76. The molecule has 0 saturated carbocycles. The Kier molecular flexibility index (Phi) is 9.44. The van der Waals surface area contributed by atoms with E-state index in [2.05, 4.69) is 5.32 Å². The molecule has 9 unspecified atom stereocenters. The molecule has 10 heteroatoms. The highest BCUT2D eigenvalue weighted by Gasteiger charge is 2.49. The first-order valence-electron chi connectivity index (χ1n) is 10.7. The normalized spacial score (nSPS) is 42.4. The van der Waals surface area contributed by atoms with E-state index in [1.54, 1.807) is 13.8 Å². The predicted octanol–water partition coefficient (Wildman–Crippen LogP) is -1.68. The lowest BCUT2D eigenvalue weighted by Crippen LogP contribution is -2.62. The van der Waals surface area contributed by atoms with Gasteiger partial charge in [-0.1, -0.05) is 20.8 Å². The summed E-state index contributed by atoms with van der Waals surface area (Å²) in [5.41, 5.74) is 0. The number of rotatable bonds is 9. The van der Waals surface area contributed by atoms with Crippen molar-refractivity contribution in [2.45, 2.75) is 82.4 Å².